The SMILES string of the molecule is CC(C)[C@H]1OCC[C@@H]1CN[C@H]1CCO[C@@H]1C. The van der Waals surface area contributed by atoms with Crippen LogP contribution in [0.5, 0.6) is 0 Å². The van der Waals surface area contributed by atoms with Crippen molar-refractivity contribution >= 4 is 0 Å². The summed E-state index contributed by atoms with van der Waals surface area (Å²) in [6.07, 6.45) is 3.18. The second kappa shape index (κ2) is 5.48. The standard InChI is InChI=1S/C13H25NO2/c1-9(2)13-11(4-6-16-13)8-14-12-5-7-15-10(12)3/h9-14H,4-8H2,1-3H3/t10-,11-,12+,13-/m1/s1. The van der Waals surface area contributed by atoms with Crippen LogP contribution in [0.1, 0.15) is 33.6 Å². The van der Waals surface area contributed by atoms with E-state index < -0.39 is 0 Å². The first-order valence-electron chi connectivity index (χ1n) is 6.65. The molecule has 0 aromatic carbocycles. The van der Waals surface area contributed by atoms with Gasteiger partial charge in [-0.1, -0.05) is 13.8 Å². The van der Waals surface area contributed by atoms with E-state index in [0.29, 0.717) is 30.1 Å². The molecule has 2 saturated heterocycles. The predicted octanol–water partition coefficient (Wildman–Crippen LogP) is 1.81. The molecule has 2 heterocycles. The molecule has 2 aliphatic rings. The second-order valence-corrected chi connectivity index (χ2v) is 5.51. The Kier molecular flexibility index (Phi) is 4.22. The van der Waals surface area contributed by atoms with Crippen LogP contribution in [-0.2, 0) is 9.47 Å². The Balaban J connectivity index is 1.76. The largest absolute Gasteiger partial charge is 0.378 e. The van der Waals surface area contributed by atoms with Gasteiger partial charge in [0.1, 0.15) is 0 Å². The van der Waals surface area contributed by atoms with Gasteiger partial charge in [0.2, 0.25) is 0 Å². The molecule has 4 atom stereocenters. The molecule has 16 heavy (non-hydrogen) atoms. The predicted molar refractivity (Wildman–Crippen MR) is 64.5 cm³/mol. The van der Waals surface area contributed by atoms with Crippen molar-refractivity contribution in [1.29, 1.82) is 0 Å². The van der Waals surface area contributed by atoms with Gasteiger partial charge in [-0.05, 0) is 31.6 Å². The summed E-state index contributed by atoms with van der Waals surface area (Å²) >= 11 is 0. The number of ether oxygens (including phenoxy) is 2. The summed E-state index contributed by atoms with van der Waals surface area (Å²) in [5, 5.41) is 3.65. The molecule has 0 radical (unpaired) electrons. The van der Waals surface area contributed by atoms with Crippen LogP contribution in [0.3, 0.4) is 0 Å². The fourth-order valence-corrected chi connectivity index (χ4v) is 2.91. The lowest BCUT2D eigenvalue weighted by molar-refractivity contribution is 0.0521. The monoisotopic (exact) mass is 227 g/mol. The molecule has 0 unspecified atom stereocenters. The van der Waals surface area contributed by atoms with E-state index in [2.05, 4.69) is 26.1 Å². The fourth-order valence-electron chi connectivity index (χ4n) is 2.91. The molecule has 2 fully saturated rings. The summed E-state index contributed by atoms with van der Waals surface area (Å²) in [7, 11) is 0. The minimum absolute atomic E-state index is 0.375. The Morgan fingerprint density at radius 1 is 1.19 bits per heavy atom. The zero-order valence-electron chi connectivity index (χ0n) is 10.7. The molecule has 3 heteroatoms. The summed E-state index contributed by atoms with van der Waals surface area (Å²) in [6.45, 7) is 9.60. The van der Waals surface area contributed by atoms with Crippen molar-refractivity contribution in [3.05, 3.63) is 0 Å². The van der Waals surface area contributed by atoms with Gasteiger partial charge in [-0.25, -0.2) is 0 Å². The minimum Gasteiger partial charge on any atom is -0.378 e. The highest BCUT2D eigenvalue weighted by atomic mass is 16.5. The molecular weight excluding hydrogens is 202 g/mol. The van der Waals surface area contributed by atoms with Gasteiger partial charge in [0.25, 0.3) is 0 Å². The number of hydrogen-bond donors (Lipinski definition) is 1. The van der Waals surface area contributed by atoms with Gasteiger partial charge in [0, 0.05) is 25.8 Å². The molecule has 1 N–H and O–H groups in total. The first-order chi connectivity index (χ1) is 7.68. The third-order valence-electron chi connectivity index (χ3n) is 3.94. The van der Waals surface area contributed by atoms with Crippen LogP contribution >= 0.6 is 0 Å². The van der Waals surface area contributed by atoms with Gasteiger partial charge in [0.05, 0.1) is 12.2 Å². The van der Waals surface area contributed by atoms with Gasteiger partial charge >= 0.3 is 0 Å². The zero-order chi connectivity index (χ0) is 11.5. The molecule has 0 amide bonds. The summed E-state index contributed by atoms with van der Waals surface area (Å²) in [4.78, 5) is 0. The molecule has 0 aliphatic carbocycles. The fraction of sp³-hybridized carbons (Fsp3) is 1.00. The quantitative estimate of drug-likeness (QED) is 0.794. The van der Waals surface area contributed by atoms with Crippen LogP contribution in [0.25, 0.3) is 0 Å². The maximum absolute atomic E-state index is 5.80. The Morgan fingerprint density at radius 3 is 2.56 bits per heavy atom. The number of rotatable bonds is 4. The first-order valence-corrected chi connectivity index (χ1v) is 6.65. The van der Waals surface area contributed by atoms with Crippen LogP contribution in [0.4, 0.5) is 0 Å². The maximum atomic E-state index is 5.80. The van der Waals surface area contributed by atoms with Crippen molar-refractivity contribution in [1.82, 2.24) is 5.32 Å². The zero-order valence-corrected chi connectivity index (χ0v) is 10.7. The van der Waals surface area contributed by atoms with Gasteiger partial charge < -0.3 is 14.8 Å². The summed E-state index contributed by atoms with van der Waals surface area (Å²) in [5.41, 5.74) is 0. The molecule has 0 bridgehead atoms. The van der Waals surface area contributed by atoms with Crippen molar-refractivity contribution in [2.45, 2.75) is 51.9 Å². The van der Waals surface area contributed by atoms with E-state index in [1.54, 1.807) is 0 Å². The molecule has 2 rings (SSSR count). The van der Waals surface area contributed by atoms with Crippen molar-refractivity contribution < 1.29 is 9.47 Å². The highest BCUT2D eigenvalue weighted by Crippen LogP contribution is 2.26. The molecular formula is C13H25NO2. The van der Waals surface area contributed by atoms with Crippen molar-refractivity contribution in [2.24, 2.45) is 11.8 Å². The van der Waals surface area contributed by atoms with Crippen LogP contribution in [0.2, 0.25) is 0 Å². The van der Waals surface area contributed by atoms with E-state index in [-0.39, 0.29) is 0 Å². The Bertz CT molecular complexity index is 220. The van der Waals surface area contributed by atoms with Gasteiger partial charge in [-0.15, -0.1) is 0 Å². The van der Waals surface area contributed by atoms with Crippen LogP contribution < -0.4 is 5.32 Å². The summed E-state index contributed by atoms with van der Waals surface area (Å²) < 4.78 is 11.4. The third-order valence-corrected chi connectivity index (χ3v) is 3.94. The molecule has 0 spiro atoms. The topological polar surface area (TPSA) is 30.5 Å². The lowest BCUT2D eigenvalue weighted by Gasteiger charge is -2.24. The van der Waals surface area contributed by atoms with Gasteiger partial charge in [-0.2, -0.15) is 0 Å². The third kappa shape index (κ3) is 2.76. The molecule has 2 aliphatic heterocycles. The van der Waals surface area contributed by atoms with Crippen LogP contribution in [0, 0.1) is 11.8 Å². The van der Waals surface area contributed by atoms with E-state index in [1.165, 1.54) is 6.42 Å². The molecule has 0 aromatic heterocycles. The van der Waals surface area contributed by atoms with E-state index in [9.17, 15) is 0 Å². The van der Waals surface area contributed by atoms with Gasteiger partial charge in [0.15, 0.2) is 0 Å². The molecule has 0 aromatic rings. The lowest BCUT2D eigenvalue weighted by atomic mass is 9.92. The first kappa shape index (κ1) is 12.3. The number of hydrogen-bond acceptors (Lipinski definition) is 3. The van der Waals surface area contributed by atoms with E-state index in [4.69, 9.17) is 9.47 Å². The molecule has 3 nitrogen and oxygen atoms in total. The van der Waals surface area contributed by atoms with E-state index in [1.807, 2.05) is 0 Å². The van der Waals surface area contributed by atoms with Crippen molar-refractivity contribution in [2.75, 3.05) is 19.8 Å². The van der Waals surface area contributed by atoms with Crippen LogP contribution in [-0.4, -0.2) is 38.0 Å². The summed E-state index contributed by atoms with van der Waals surface area (Å²) in [6, 6.07) is 0.549. The Morgan fingerprint density at radius 2 is 1.94 bits per heavy atom. The van der Waals surface area contributed by atoms with Crippen molar-refractivity contribution in [3.8, 4) is 0 Å². The lowest BCUT2D eigenvalue weighted by Crippen LogP contribution is -2.40. The average molecular weight is 227 g/mol. The smallest absolute Gasteiger partial charge is 0.0700 e. The average Bonchev–Trinajstić information content (AvgIpc) is 2.83. The second-order valence-electron chi connectivity index (χ2n) is 5.51. The van der Waals surface area contributed by atoms with E-state index in [0.717, 1.165) is 26.2 Å². The molecule has 94 valence electrons. The highest BCUT2D eigenvalue weighted by Gasteiger charge is 2.32. The Hall–Kier alpha value is -0.120. The summed E-state index contributed by atoms with van der Waals surface area (Å²) in [5.74, 6) is 1.32. The van der Waals surface area contributed by atoms with E-state index >= 15 is 0 Å². The molecule has 0 saturated carbocycles. The van der Waals surface area contributed by atoms with Crippen LogP contribution in [0.15, 0.2) is 0 Å². The highest BCUT2D eigenvalue weighted by molar-refractivity contribution is 4.84. The van der Waals surface area contributed by atoms with Crippen molar-refractivity contribution in [3.63, 3.8) is 0 Å². The minimum atomic E-state index is 0.375. The maximum Gasteiger partial charge on any atom is 0.0700 e. The number of nitrogens with one attached hydrogen (secondary N) is 1. The normalized spacial score (nSPS) is 39.8. The Labute approximate surface area is 98.9 Å². The van der Waals surface area contributed by atoms with Gasteiger partial charge in [-0.3, -0.25) is 0 Å².